The number of thiophene rings is 1. The van der Waals surface area contributed by atoms with Gasteiger partial charge >= 0.3 is 0 Å². The van der Waals surface area contributed by atoms with Gasteiger partial charge in [-0.05, 0) is 48.6 Å². The average Bonchev–Trinajstić information content (AvgIpc) is 3.49. The van der Waals surface area contributed by atoms with Gasteiger partial charge in [-0.25, -0.2) is 9.97 Å². The molecule has 1 fully saturated rings. The van der Waals surface area contributed by atoms with Crippen LogP contribution < -0.4 is 4.90 Å². The first kappa shape index (κ1) is 17.5. The first-order chi connectivity index (χ1) is 14.9. The third-order valence-electron chi connectivity index (χ3n) is 5.79. The number of pyridine rings is 1. The summed E-state index contributed by atoms with van der Waals surface area (Å²) in [5.74, 6) is 3.15. The highest BCUT2D eigenvalue weighted by atomic mass is 32.1. The highest BCUT2D eigenvalue weighted by molar-refractivity contribution is 7.08. The minimum absolute atomic E-state index is 0.314. The van der Waals surface area contributed by atoms with E-state index in [0.29, 0.717) is 5.92 Å². The molecule has 6 nitrogen and oxygen atoms in total. The maximum absolute atomic E-state index is 5.02. The van der Waals surface area contributed by atoms with Crippen molar-refractivity contribution in [1.82, 2.24) is 24.6 Å². The van der Waals surface area contributed by atoms with Gasteiger partial charge in [0, 0.05) is 41.5 Å². The monoisotopic (exact) mass is 412 g/mol. The number of aromatic nitrogens is 5. The lowest BCUT2D eigenvalue weighted by molar-refractivity contribution is 0.486. The highest BCUT2D eigenvalue weighted by Gasteiger charge is 2.27. The molecular weight excluding hydrogens is 392 g/mol. The number of nitrogens with zero attached hydrogens (tertiary/aromatic N) is 6. The van der Waals surface area contributed by atoms with Crippen LogP contribution in [0.2, 0.25) is 0 Å². The van der Waals surface area contributed by atoms with E-state index >= 15 is 0 Å². The van der Waals surface area contributed by atoms with Crippen LogP contribution in [-0.4, -0.2) is 37.7 Å². The minimum atomic E-state index is 0.314. The predicted molar refractivity (Wildman–Crippen MR) is 120 cm³/mol. The molecule has 148 valence electrons. The van der Waals surface area contributed by atoms with Gasteiger partial charge < -0.3 is 4.90 Å². The van der Waals surface area contributed by atoms with Crippen LogP contribution in [0.25, 0.3) is 27.9 Å². The van der Waals surface area contributed by atoms with Crippen molar-refractivity contribution < 1.29 is 0 Å². The van der Waals surface area contributed by atoms with Crippen molar-refractivity contribution in [2.24, 2.45) is 0 Å². The summed E-state index contributed by atoms with van der Waals surface area (Å²) >= 11 is 1.67. The molecule has 1 atom stereocenters. The molecule has 6 rings (SSSR count). The van der Waals surface area contributed by atoms with Crippen molar-refractivity contribution in [3.05, 3.63) is 71.3 Å². The number of fused-ring (bicyclic) bond motifs is 2. The normalized spacial score (nSPS) is 17.1. The largest absolute Gasteiger partial charge is 0.355 e. The number of benzene rings is 1. The fourth-order valence-corrected chi connectivity index (χ4v) is 4.97. The Morgan fingerprint density at radius 1 is 0.967 bits per heavy atom. The molecule has 0 amide bonds. The van der Waals surface area contributed by atoms with Gasteiger partial charge in [-0.2, -0.15) is 11.3 Å². The molecule has 7 heteroatoms. The Labute approximate surface area is 177 Å². The number of anilines is 1. The molecule has 5 aromatic rings. The van der Waals surface area contributed by atoms with Crippen molar-refractivity contribution in [3.63, 3.8) is 0 Å². The molecule has 4 aromatic heterocycles. The Morgan fingerprint density at radius 3 is 2.83 bits per heavy atom. The molecule has 1 saturated heterocycles. The second-order valence-corrected chi connectivity index (χ2v) is 8.45. The zero-order valence-corrected chi connectivity index (χ0v) is 17.2. The Morgan fingerprint density at radius 2 is 1.90 bits per heavy atom. The Hall–Kier alpha value is -3.32. The van der Waals surface area contributed by atoms with E-state index in [4.69, 9.17) is 9.97 Å². The van der Waals surface area contributed by atoms with Gasteiger partial charge in [0.05, 0.1) is 5.52 Å². The molecule has 0 spiro atoms. The van der Waals surface area contributed by atoms with Gasteiger partial charge in [-0.3, -0.25) is 4.40 Å². The van der Waals surface area contributed by atoms with Gasteiger partial charge in [0.15, 0.2) is 11.5 Å². The number of hydrogen-bond acceptors (Lipinski definition) is 6. The van der Waals surface area contributed by atoms with Gasteiger partial charge in [0.25, 0.3) is 0 Å². The average molecular weight is 413 g/mol. The van der Waals surface area contributed by atoms with Crippen molar-refractivity contribution >= 4 is 33.7 Å². The lowest BCUT2D eigenvalue weighted by Crippen LogP contribution is -2.36. The van der Waals surface area contributed by atoms with E-state index in [2.05, 4.69) is 60.7 Å². The number of para-hydroxylation sites is 1. The second kappa shape index (κ2) is 7.18. The van der Waals surface area contributed by atoms with Crippen molar-refractivity contribution in [3.8, 4) is 11.4 Å². The second-order valence-electron chi connectivity index (χ2n) is 7.67. The Bertz CT molecular complexity index is 1330. The summed E-state index contributed by atoms with van der Waals surface area (Å²) in [6.45, 7) is 1.86. The van der Waals surface area contributed by atoms with E-state index in [1.54, 1.807) is 11.3 Å². The topological polar surface area (TPSA) is 59.2 Å². The van der Waals surface area contributed by atoms with Crippen LogP contribution in [0.5, 0.6) is 0 Å². The molecule has 5 heterocycles. The molecule has 0 saturated carbocycles. The fraction of sp³-hybridized carbons (Fsp3) is 0.217. The molecule has 0 N–H and O–H groups in total. The highest BCUT2D eigenvalue weighted by Crippen LogP contribution is 2.33. The SMILES string of the molecule is c1ccc2c(N3CCCC(c4nnc5ccccn45)C3)nc(-c3ccsc3)nc2c1. The number of rotatable bonds is 3. The Kier molecular flexibility index (Phi) is 4.19. The van der Waals surface area contributed by atoms with Crippen LogP contribution in [0.1, 0.15) is 24.6 Å². The van der Waals surface area contributed by atoms with Crippen LogP contribution in [0, 0.1) is 0 Å². The first-order valence-corrected chi connectivity index (χ1v) is 11.1. The van der Waals surface area contributed by atoms with Crippen molar-refractivity contribution in [2.45, 2.75) is 18.8 Å². The van der Waals surface area contributed by atoms with E-state index in [9.17, 15) is 0 Å². The summed E-state index contributed by atoms with van der Waals surface area (Å²) < 4.78 is 2.11. The minimum Gasteiger partial charge on any atom is -0.355 e. The van der Waals surface area contributed by atoms with Crippen LogP contribution in [0.4, 0.5) is 5.82 Å². The summed E-state index contributed by atoms with van der Waals surface area (Å²) in [7, 11) is 0. The summed E-state index contributed by atoms with van der Waals surface area (Å²) in [6.07, 6.45) is 4.25. The van der Waals surface area contributed by atoms with Crippen molar-refractivity contribution in [1.29, 1.82) is 0 Å². The van der Waals surface area contributed by atoms with Gasteiger partial charge in [0.2, 0.25) is 0 Å². The van der Waals surface area contributed by atoms with Gasteiger partial charge in [0.1, 0.15) is 11.6 Å². The fourth-order valence-electron chi connectivity index (χ4n) is 4.34. The number of hydrogen-bond donors (Lipinski definition) is 0. The summed E-state index contributed by atoms with van der Waals surface area (Å²) in [5.41, 5.74) is 2.96. The van der Waals surface area contributed by atoms with Gasteiger partial charge in [-0.15, -0.1) is 10.2 Å². The zero-order valence-electron chi connectivity index (χ0n) is 16.3. The maximum Gasteiger partial charge on any atom is 0.162 e. The van der Waals surface area contributed by atoms with Crippen LogP contribution in [0.3, 0.4) is 0 Å². The third kappa shape index (κ3) is 2.93. The van der Waals surface area contributed by atoms with E-state index < -0.39 is 0 Å². The maximum atomic E-state index is 5.02. The zero-order chi connectivity index (χ0) is 19.9. The molecule has 30 heavy (non-hydrogen) atoms. The summed E-state index contributed by atoms with van der Waals surface area (Å²) in [4.78, 5) is 12.3. The van der Waals surface area contributed by atoms with E-state index in [0.717, 1.165) is 65.5 Å². The quantitative estimate of drug-likeness (QED) is 0.427. The molecular formula is C23H20N6S. The standard InChI is InChI=1S/C23H20N6S/c1-2-8-19-18(7-1)23(25-21(24-19)17-10-13-30-15-17)28-11-5-6-16(14-28)22-27-26-20-9-3-4-12-29(20)22/h1-4,7-10,12-13,15-16H,5-6,11,14H2. The molecule has 0 bridgehead atoms. The van der Waals surface area contributed by atoms with Gasteiger partial charge in [-0.1, -0.05) is 18.2 Å². The molecule has 1 aliphatic heterocycles. The van der Waals surface area contributed by atoms with E-state index in [-0.39, 0.29) is 0 Å². The molecule has 1 aromatic carbocycles. The van der Waals surface area contributed by atoms with E-state index in [1.807, 2.05) is 24.3 Å². The Balaban J connectivity index is 1.42. The lowest BCUT2D eigenvalue weighted by Gasteiger charge is -2.33. The van der Waals surface area contributed by atoms with E-state index in [1.165, 1.54) is 0 Å². The first-order valence-electron chi connectivity index (χ1n) is 10.2. The number of piperidine rings is 1. The lowest BCUT2D eigenvalue weighted by atomic mass is 9.97. The summed E-state index contributed by atoms with van der Waals surface area (Å²) in [5, 5.41) is 14.2. The smallest absolute Gasteiger partial charge is 0.162 e. The van der Waals surface area contributed by atoms with Crippen LogP contribution >= 0.6 is 11.3 Å². The molecule has 0 radical (unpaired) electrons. The predicted octanol–water partition coefficient (Wildman–Crippen LogP) is 4.79. The van der Waals surface area contributed by atoms with Crippen LogP contribution in [0.15, 0.2) is 65.5 Å². The van der Waals surface area contributed by atoms with Crippen LogP contribution in [-0.2, 0) is 0 Å². The molecule has 0 aliphatic carbocycles. The van der Waals surface area contributed by atoms with Crippen molar-refractivity contribution in [2.75, 3.05) is 18.0 Å². The molecule has 1 aliphatic rings. The summed E-state index contributed by atoms with van der Waals surface area (Å²) in [6, 6.07) is 16.4. The third-order valence-corrected chi connectivity index (χ3v) is 6.47. The molecule has 1 unspecified atom stereocenters.